The summed E-state index contributed by atoms with van der Waals surface area (Å²) in [4.78, 5) is 1.47. The van der Waals surface area contributed by atoms with Crippen molar-refractivity contribution >= 4 is 11.8 Å². The fraction of sp³-hybridized carbons (Fsp3) is 0.538. The lowest BCUT2D eigenvalue weighted by molar-refractivity contribution is 0.422. The van der Waals surface area contributed by atoms with Crippen LogP contribution in [-0.4, -0.2) is 11.8 Å². The minimum absolute atomic E-state index is 0.308. The maximum absolute atomic E-state index is 5.93. The Labute approximate surface area is 96.4 Å². The molecule has 0 bridgehead atoms. The van der Waals surface area contributed by atoms with E-state index in [0.717, 1.165) is 0 Å². The number of fused-ring (bicyclic) bond motifs is 1. The van der Waals surface area contributed by atoms with E-state index in [2.05, 4.69) is 38.1 Å². The monoisotopic (exact) mass is 221 g/mol. The first-order valence-electron chi connectivity index (χ1n) is 5.65. The Morgan fingerprint density at radius 1 is 1.40 bits per heavy atom. The SMILES string of the molecule is CC(N)C(C)CC1CSc2ccccc21. The summed E-state index contributed by atoms with van der Waals surface area (Å²) in [5.74, 6) is 2.56. The molecule has 1 aromatic rings. The summed E-state index contributed by atoms with van der Waals surface area (Å²) in [5, 5.41) is 0. The molecule has 1 aliphatic heterocycles. The summed E-state index contributed by atoms with van der Waals surface area (Å²) in [6.45, 7) is 4.37. The smallest absolute Gasteiger partial charge is 0.0107 e. The lowest BCUT2D eigenvalue weighted by Gasteiger charge is -2.19. The van der Waals surface area contributed by atoms with Crippen LogP contribution in [0.1, 0.15) is 31.7 Å². The molecule has 1 nitrogen and oxygen atoms in total. The lowest BCUT2D eigenvalue weighted by atomic mass is 9.88. The molecule has 0 aliphatic carbocycles. The molecular formula is C13H19NS. The quantitative estimate of drug-likeness (QED) is 0.848. The van der Waals surface area contributed by atoms with Gasteiger partial charge in [0, 0.05) is 16.7 Å². The molecule has 3 atom stereocenters. The molecule has 1 aromatic carbocycles. The van der Waals surface area contributed by atoms with Crippen LogP contribution in [0.5, 0.6) is 0 Å². The molecule has 1 heterocycles. The Morgan fingerprint density at radius 3 is 2.87 bits per heavy atom. The van der Waals surface area contributed by atoms with Gasteiger partial charge in [0.1, 0.15) is 0 Å². The molecule has 15 heavy (non-hydrogen) atoms. The third-order valence-electron chi connectivity index (χ3n) is 3.35. The van der Waals surface area contributed by atoms with Gasteiger partial charge in [0.2, 0.25) is 0 Å². The van der Waals surface area contributed by atoms with Crippen molar-refractivity contribution in [3.05, 3.63) is 29.8 Å². The van der Waals surface area contributed by atoms with E-state index in [9.17, 15) is 0 Å². The fourth-order valence-corrected chi connectivity index (χ4v) is 3.36. The normalized spacial score (nSPS) is 23.5. The van der Waals surface area contributed by atoms with Crippen LogP contribution in [0.25, 0.3) is 0 Å². The molecule has 1 aliphatic rings. The molecule has 0 aromatic heterocycles. The number of rotatable bonds is 3. The Hall–Kier alpha value is -0.470. The molecular weight excluding hydrogens is 202 g/mol. The minimum atomic E-state index is 0.308. The van der Waals surface area contributed by atoms with Crippen molar-refractivity contribution in [2.45, 2.75) is 37.1 Å². The van der Waals surface area contributed by atoms with Crippen LogP contribution in [0.4, 0.5) is 0 Å². The van der Waals surface area contributed by atoms with E-state index in [-0.39, 0.29) is 0 Å². The number of nitrogens with two attached hydrogens (primary N) is 1. The van der Waals surface area contributed by atoms with E-state index in [4.69, 9.17) is 5.73 Å². The Kier molecular flexibility index (Phi) is 3.37. The first-order chi connectivity index (χ1) is 7.18. The molecule has 82 valence electrons. The van der Waals surface area contributed by atoms with E-state index in [1.165, 1.54) is 22.6 Å². The zero-order valence-corrected chi connectivity index (χ0v) is 10.3. The highest BCUT2D eigenvalue weighted by molar-refractivity contribution is 7.99. The number of hydrogen-bond donors (Lipinski definition) is 1. The van der Waals surface area contributed by atoms with Gasteiger partial charge in [-0.2, -0.15) is 0 Å². The van der Waals surface area contributed by atoms with E-state index < -0.39 is 0 Å². The lowest BCUT2D eigenvalue weighted by Crippen LogP contribution is -2.25. The van der Waals surface area contributed by atoms with Crippen LogP contribution in [0.2, 0.25) is 0 Å². The minimum Gasteiger partial charge on any atom is -0.328 e. The average molecular weight is 221 g/mol. The highest BCUT2D eigenvalue weighted by Gasteiger charge is 2.25. The van der Waals surface area contributed by atoms with Crippen molar-refractivity contribution in [2.24, 2.45) is 11.7 Å². The fourth-order valence-electron chi connectivity index (χ4n) is 2.09. The predicted octanol–water partition coefficient (Wildman–Crippen LogP) is 3.25. The van der Waals surface area contributed by atoms with Crippen LogP contribution < -0.4 is 5.73 Å². The summed E-state index contributed by atoms with van der Waals surface area (Å²) in [7, 11) is 0. The van der Waals surface area contributed by atoms with Crippen LogP contribution >= 0.6 is 11.8 Å². The number of hydrogen-bond acceptors (Lipinski definition) is 2. The molecule has 2 rings (SSSR count). The maximum Gasteiger partial charge on any atom is 0.0107 e. The van der Waals surface area contributed by atoms with Crippen molar-refractivity contribution in [1.29, 1.82) is 0 Å². The molecule has 0 saturated carbocycles. The molecule has 0 radical (unpaired) electrons. The van der Waals surface area contributed by atoms with Gasteiger partial charge in [0.05, 0.1) is 0 Å². The summed E-state index contributed by atoms with van der Waals surface area (Å²) in [6.07, 6.45) is 1.22. The first-order valence-corrected chi connectivity index (χ1v) is 6.64. The van der Waals surface area contributed by atoms with Gasteiger partial charge < -0.3 is 5.73 Å². The summed E-state index contributed by atoms with van der Waals surface area (Å²) in [6, 6.07) is 9.09. The number of benzene rings is 1. The van der Waals surface area contributed by atoms with E-state index in [1.54, 1.807) is 0 Å². The first kappa shape index (κ1) is 11.0. The second-order valence-corrected chi connectivity index (χ2v) is 5.68. The molecule has 0 amide bonds. The molecule has 0 fully saturated rings. The van der Waals surface area contributed by atoms with E-state index in [1.807, 2.05) is 11.8 Å². The third kappa shape index (κ3) is 2.37. The molecule has 0 spiro atoms. The van der Waals surface area contributed by atoms with Crippen LogP contribution in [-0.2, 0) is 0 Å². The second-order valence-electron chi connectivity index (χ2n) is 4.62. The molecule has 2 heteroatoms. The number of thioether (sulfide) groups is 1. The summed E-state index contributed by atoms with van der Waals surface area (Å²) < 4.78 is 0. The Balaban J connectivity index is 2.08. The van der Waals surface area contributed by atoms with Crippen LogP contribution in [0.15, 0.2) is 29.2 Å². The predicted molar refractivity (Wildman–Crippen MR) is 67.3 cm³/mol. The summed E-state index contributed by atoms with van der Waals surface area (Å²) >= 11 is 1.99. The van der Waals surface area contributed by atoms with Crippen molar-refractivity contribution in [3.63, 3.8) is 0 Å². The van der Waals surface area contributed by atoms with Gasteiger partial charge >= 0.3 is 0 Å². The molecule has 0 saturated heterocycles. The van der Waals surface area contributed by atoms with Crippen molar-refractivity contribution in [2.75, 3.05) is 5.75 Å². The van der Waals surface area contributed by atoms with E-state index in [0.29, 0.717) is 17.9 Å². The van der Waals surface area contributed by atoms with Gasteiger partial charge in [-0.05, 0) is 36.8 Å². The molecule has 3 unspecified atom stereocenters. The van der Waals surface area contributed by atoms with Gasteiger partial charge in [0.25, 0.3) is 0 Å². The van der Waals surface area contributed by atoms with Gasteiger partial charge in [-0.25, -0.2) is 0 Å². The van der Waals surface area contributed by atoms with Gasteiger partial charge in [-0.3, -0.25) is 0 Å². The highest BCUT2D eigenvalue weighted by atomic mass is 32.2. The Morgan fingerprint density at radius 2 is 2.13 bits per heavy atom. The third-order valence-corrected chi connectivity index (χ3v) is 4.60. The zero-order valence-electron chi connectivity index (χ0n) is 9.44. The summed E-state index contributed by atoms with van der Waals surface area (Å²) in [5.41, 5.74) is 7.46. The second kappa shape index (κ2) is 4.58. The van der Waals surface area contributed by atoms with Gasteiger partial charge in [-0.1, -0.05) is 25.1 Å². The van der Waals surface area contributed by atoms with Crippen LogP contribution in [0, 0.1) is 5.92 Å². The van der Waals surface area contributed by atoms with Crippen molar-refractivity contribution in [1.82, 2.24) is 0 Å². The highest BCUT2D eigenvalue weighted by Crippen LogP contribution is 2.42. The topological polar surface area (TPSA) is 26.0 Å². The van der Waals surface area contributed by atoms with Crippen LogP contribution in [0.3, 0.4) is 0 Å². The average Bonchev–Trinajstić information content (AvgIpc) is 2.62. The Bertz CT molecular complexity index is 335. The van der Waals surface area contributed by atoms with Crippen molar-refractivity contribution in [3.8, 4) is 0 Å². The zero-order chi connectivity index (χ0) is 10.8. The van der Waals surface area contributed by atoms with Gasteiger partial charge in [0.15, 0.2) is 0 Å². The maximum atomic E-state index is 5.93. The largest absolute Gasteiger partial charge is 0.328 e. The van der Waals surface area contributed by atoms with Gasteiger partial charge in [-0.15, -0.1) is 11.8 Å². The van der Waals surface area contributed by atoms with Crippen molar-refractivity contribution < 1.29 is 0 Å². The standard InChI is InChI=1S/C13H19NS/c1-9(10(2)14)7-11-8-15-13-6-4-3-5-12(11)13/h3-6,9-11H,7-8,14H2,1-2H3. The molecule has 2 N–H and O–H groups in total. The van der Waals surface area contributed by atoms with E-state index >= 15 is 0 Å².